The lowest BCUT2D eigenvalue weighted by Gasteiger charge is -2.20. The van der Waals surface area contributed by atoms with Gasteiger partial charge in [0.05, 0.1) is 0 Å². The van der Waals surface area contributed by atoms with Gasteiger partial charge in [-0.05, 0) is 51.7 Å². The first-order valence-corrected chi connectivity index (χ1v) is 7.37. The number of hydrogen-bond acceptors (Lipinski definition) is 3. The maximum absolute atomic E-state index is 10.0. The second-order valence-corrected chi connectivity index (χ2v) is 6.26. The summed E-state index contributed by atoms with van der Waals surface area (Å²) in [7, 11) is 0. The molecule has 3 rings (SSSR count). The second-order valence-electron chi connectivity index (χ2n) is 6.26. The average molecular weight is 260 g/mol. The van der Waals surface area contributed by atoms with E-state index in [9.17, 15) is 5.11 Å². The van der Waals surface area contributed by atoms with Gasteiger partial charge in [0.15, 0.2) is 0 Å². The number of phenols is 1. The minimum atomic E-state index is 0.426. The Labute approximate surface area is 115 Å². The summed E-state index contributed by atoms with van der Waals surface area (Å²) < 4.78 is 0. The zero-order valence-corrected chi connectivity index (χ0v) is 12.1. The van der Waals surface area contributed by atoms with Crippen molar-refractivity contribution in [1.82, 2.24) is 4.90 Å². The topological polar surface area (TPSA) is 35.5 Å². The van der Waals surface area contributed by atoms with Crippen molar-refractivity contribution in [3.05, 3.63) is 23.3 Å². The molecule has 1 aromatic carbocycles. The van der Waals surface area contributed by atoms with Crippen molar-refractivity contribution in [2.75, 3.05) is 11.9 Å². The third-order valence-electron chi connectivity index (χ3n) is 4.63. The van der Waals surface area contributed by atoms with Crippen LogP contribution >= 0.6 is 0 Å². The molecule has 0 bridgehead atoms. The zero-order chi connectivity index (χ0) is 13.6. The highest BCUT2D eigenvalue weighted by Gasteiger charge is 2.38. The zero-order valence-electron chi connectivity index (χ0n) is 12.1. The molecular formula is C16H24N2O. The van der Waals surface area contributed by atoms with Crippen molar-refractivity contribution < 1.29 is 5.11 Å². The van der Waals surface area contributed by atoms with E-state index in [1.54, 1.807) is 0 Å². The number of phenolic OH excluding ortho intramolecular Hbond substituents is 1. The van der Waals surface area contributed by atoms with Gasteiger partial charge in [0.1, 0.15) is 5.75 Å². The number of anilines is 1. The molecule has 2 aliphatic rings. The monoisotopic (exact) mass is 260 g/mol. The third-order valence-corrected chi connectivity index (χ3v) is 4.63. The van der Waals surface area contributed by atoms with E-state index in [-0.39, 0.29) is 0 Å². The van der Waals surface area contributed by atoms with Crippen molar-refractivity contribution in [3.63, 3.8) is 0 Å². The van der Waals surface area contributed by atoms with Gasteiger partial charge in [-0.3, -0.25) is 4.90 Å². The van der Waals surface area contributed by atoms with E-state index in [1.807, 2.05) is 19.9 Å². The highest BCUT2D eigenvalue weighted by molar-refractivity contribution is 5.59. The number of hydrogen-bond donors (Lipinski definition) is 2. The van der Waals surface area contributed by atoms with Crippen molar-refractivity contribution in [3.8, 4) is 5.75 Å². The second kappa shape index (κ2) is 4.71. The highest BCUT2D eigenvalue weighted by Crippen LogP contribution is 2.35. The van der Waals surface area contributed by atoms with Gasteiger partial charge in [0.25, 0.3) is 0 Å². The van der Waals surface area contributed by atoms with Gasteiger partial charge in [0.2, 0.25) is 0 Å². The smallest absolute Gasteiger partial charge is 0.123 e. The van der Waals surface area contributed by atoms with Crippen LogP contribution in [0.4, 0.5) is 5.69 Å². The van der Waals surface area contributed by atoms with E-state index in [4.69, 9.17) is 0 Å². The SMILES string of the molecule is Cc1ccc(NC2CC(C)N(C3CC3)C2)c(C)c1O. The molecule has 1 heterocycles. The number of nitrogens with one attached hydrogen (secondary N) is 1. The largest absolute Gasteiger partial charge is 0.507 e. The molecule has 0 radical (unpaired) electrons. The van der Waals surface area contributed by atoms with Crippen LogP contribution in [0.15, 0.2) is 12.1 Å². The van der Waals surface area contributed by atoms with Crippen LogP contribution < -0.4 is 5.32 Å². The minimum Gasteiger partial charge on any atom is -0.507 e. The molecule has 1 saturated carbocycles. The van der Waals surface area contributed by atoms with E-state index in [2.05, 4.69) is 23.2 Å². The van der Waals surface area contributed by atoms with E-state index in [0.29, 0.717) is 17.8 Å². The molecule has 0 spiro atoms. The Kier molecular flexibility index (Phi) is 3.17. The van der Waals surface area contributed by atoms with Crippen molar-refractivity contribution in [2.45, 2.75) is 58.2 Å². The van der Waals surface area contributed by atoms with Gasteiger partial charge in [-0.1, -0.05) is 6.07 Å². The van der Waals surface area contributed by atoms with Gasteiger partial charge >= 0.3 is 0 Å². The third kappa shape index (κ3) is 2.44. The summed E-state index contributed by atoms with van der Waals surface area (Å²) in [4.78, 5) is 2.64. The molecule has 0 amide bonds. The van der Waals surface area contributed by atoms with Crippen LogP contribution in [0.1, 0.15) is 37.3 Å². The van der Waals surface area contributed by atoms with Crippen LogP contribution in [-0.2, 0) is 0 Å². The Bertz CT molecular complexity index is 482. The molecule has 1 aliphatic carbocycles. The molecule has 19 heavy (non-hydrogen) atoms. The summed E-state index contributed by atoms with van der Waals surface area (Å²) in [6.45, 7) is 7.40. The summed E-state index contributed by atoms with van der Waals surface area (Å²) >= 11 is 0. The fourth-order valence-corrected chi connectivity index (χ4v) is 3.29. The van der Waals surface area contributed by atoms with E-state index in [0.717, 1.165) is 29.4 Å². The van der Waals surface area contributed by atoms with E-state index >= 15 is 0 Å². The summed E-state index contributed by atoms with van der Waals surface area (Å²) in [5.74, 6) is 0.426. The lowest BCUT2D eigenvalue weighted by atomic mass is 10.1. The number of likely N-dealkylation sites (tertiary alicyclic amines) is 1. The molecule has 1 aromatic rings. The summed E-state index contributed by atoms with van der Waals surface area (Å²) in [6.07, 6.45) is 3.95. The fourth-order valence-electron chi connectivity index (χ4n) is 3.29. The molecule has 2 N–H and O–H groups in total. The molecule has 3 nitrogen and oxygen atoms in total. The first kappa shape index (κ1) is 12.8. The Morgan fingerprint density at radius 1 is 1.26 bits per heavy atom. The van der Waals surface area contributed by atoms with Crippen LogP contribution in [0.25, 0.3) is 0 Å². The first-order valence-electron chi connectivity index (χ1n) is 7.37. The van der Waals surface area contributed by atoms with Crippen LogP contribution in [0.3, 0.4) is 0 Å². The van der Waals surface area contributed by atoms with Gasteiger partial charge in [-0.15, -0.1) is 0 Å². The van der Waals surface area contributed by atoms with Crippen molar-refractivity contribution in [2.24, 2.45) is 0 Å². The Balaban J connectivity index is 1.70. The fraction of sp³-hybridized carbons (Fsp3) is 0.625. The Hall–Kier alpha value is -1.22. The van der Waals surface area contributed by atoms with Crippen LogP contribution in [0.5, 0.6) is 5.75 Å². The highest BCUT2D eigenvalue weighted by atomic mass is 16.3. The van der Waals surface area contributed by atoms with Crippen molar-refractivity contribution in [1.29, 1.82) is 0 Å². The number of aryl methyl sites for hydroxylation is 1. The minimum absolute atomic E-state index is 0.426. The van der Waals surface area contributed by atoms with E-state index < -0.39 is 0 Å². The van der Waals surface area contributed by atoms with Crippen LogP contribution in [0.2, 0.25) is 0 Å². The molecule has 2 atom stereocenters. The molecule has 1 aliphatic heterocycles. The lowest BCUT2D eigenvalue weighted by Crippen LogP contribution is -2.31. The number of aromatic hydroxyl groups is 1. The number of rotatable bonds is 3. The van der Waals surface area contributed by atoms with Gasteiger partial charge in [-0.25, -0.2) is 0 Å². The van der Waals surface area contributed by atoms with Gasteiger partial charge in [-0.2, -0.15) is 0 Å². The van der Waals surface area contributed by atoms with Gasteiger partial charge < -0.3 is 10.4 Å². The Morgan fingerprint density at radius 3 is 2.68 bits per heavy atom. The van der Waals surface area contributed by atoms with Crippen LogP contribution in [-0.4, -0.2) is 34.7 Å². The standard InChI is InChI=1S/C16H24N2O/c1-10-4-7-15(12(3)16(10)19)17-13-8-11(2)18(9-13)14-5-6-14/h4,7,11,13-14,17,19H,5-6,8-9H2,1-3H3. The van der Waals surface area contributed by atoms with Crippen LogP contribution in [0, 0.1) is 13.8 Å². The molecule has 104 valence electrons. The molecule has 0 aromatic heterocycles. The quantitative estimate of drug-likeness (QED) is 0.877. The predicted octanol–water partition coefficient (Wildman–Crippen LogP) is 3.05. The average Bonchev–Trinajstić information content (AvgIpc) is 3.15. The normalized spacial score (nSPS) is 27.7. The molecule has 1 saturated heterocycles. The summed E-state index contributed by atoms with van der Waals surface area (Å²) in [5.41, 5.74) is 3.00. The van der Waals surface area contributed by atoms with E-state index in [1.165, 1.54) is 19.3 Å². The molecular weight excluding hydrogens is 236 g/mol. The predicted molar refractivity (Wildman–Crippen MR) is 78.8 cm³/mol. The number of nitrogens with zero attached hydrogens (tertiary/aromatic N) is 1. The number of benzene rings is 1. The maximum Gasteiger partial charge on any atom is 0.123 e. The maximum atomic E-state index is 10.0. The van der Waals surface area contributed by atoms with Gasteiger partial charge in [0, 0.05) is 35.9 Å². The Morgan fingerprint density at radius 2 is 2.00 bits per heavy atom. The molecule has 2 unspecified atom stereocenters. The lowest BCUT2D eigenvalue weighted by molar-refractivity contribution is 0.257. The van der Waals surface area contributed by atoms with Crippen molar-refractivity contribution >= 4 is 5.69 Å². The molecule has 3 heteroatoms. The summed E-state index contributed by atoms with van der Waals surface area (Å²) in [5, 5.41) is 13.6. The first-order chi connectivity index (χ1) is 9.06. The molecule has 2 fully saturated rings. The summed E-state index contributed by atoms with van der Waals surface area (Å²) in [6, 6.07) is 6.12.